The molecular formula is C18H17ClIN3O2. The van der Waals surface area contributed by atoms with Gasteiger partial charge in [0.15, 0.2) is 0 Å². The largest absolute Gasteiger partial charge is 0.325 e. The van der Waals surface area contributed by atoms with Crippen LogP contribution in [0.5, 0.6) is 0 Å². The van der Waals surface area contributed by atoms with Crippen LogP contribution in [0, 0.1) is 10.5 Å². The molecule has 0 spiro atoms. The summed E-state index contributed by atoms with van der Waals surface area (Å²) >= 11 is 8.12. The molecule has 0 atom stereocenters. The quantitative estimate of drug-likeness (QED) is 0.387. The number of halogens is 2. The lowest BCUT2D eigenvalue weighted by atomic mass is 10.2. The van der Waals surface area contributed by atoms with Gasteiger partial charge in [-0.05, 0) is 66.3 Å². The molecule has 0 aliphatic rings. The van der Waals surface area contributed by atoms with E-state index < -0.39 is 0 Å². The van der Waals surface area contributed by atoms with Crippen molar-refractivity contribution in [2.24, 2.45) is 5.10 Å². The van der Waals surface area contributed by atoms with Gasteiger partial charge in [0.1, 0.15) is 0 Å². The molecule has 0 unspecified atom stereocenters. The lowest BCUT2D eigenvalue weighted by molar-refractivity contribution is -0.115. The van der Waals surface area contributed by atoms with Crippen LogP contribution in [-0.4, -0.2) is 17.5 Å². The third-order valence-electron chi connectivity index (χ3n) is 3.42. The van der Waals surface area contributed by atoms with Crippen LogP contribution >= 0.6 is 34.2 Å². The average molecular weight is 470 g/mol. The highest BCUT2D eigenvalue weighted by Crippen LogP contribution is 2.23. The van der Waals surface area contributed by atoms with E-state index in [1.54, 1.807) is 37.3 Å². The third kappa shape index (κ3) is 5.54. The molecule has 0 fully saturated rings. The van der Waals surface area contributed by atoms with Crippen LogP contribution in [-0.2, 0) is 4.79 Å². The molecule has 0 saturated carbocycles. The van der Waals surface area contributed by atoms with E-state index in [1.807, 2.05) is 19.1 Å². The Kier molecular flexibility index (Phi) is 6.95. The second kappa shape index (κ2) is 8.96. The van der Waals surface area contributed by atoms with Gasteiger partial charge in [-0.1, -0.05) is 29.8 Å². The smallest absolute Gasteiger partial charge is 0.272 e. The minimum atomic E-state index is -0.310. The maximum Gasteiger partial charge on any atom is 0.272 e. The minimum Gasteiger partial charge on any atom is -0.325 e. The number of carbonyl (C=O) groups is 2. The summed E-state index contributed by atoms with van der Waals surface area (Å²) in [5, 5.41) is 7.37. The molecule has 0 aliphatic heterocycles. The summed E-state index contributed by atoms with van der Waals surface area (Å²) in [5.41, 5.74) is 4.97. The van der Waals surface area contributed by atoms with Gasteiger partial charge in [-0.15, -0.1) is 0 Å². The SMILES string of the molecule is CC(CC(=O)Nc1cccc(Cl)c1C)=NNC(=O)c1ccccc1I. The molecular weight excluding hydrogens is 453 g/mol. The number of nitrogens with one attached hydrogen (secondary N) is 2. The molecule has 2 N–H and O–H groups in total. The predicted molar refractivity (Wildman–Crippen MR) is 109 cm³/mol. The van der Waals surface area contributed by atoms with Gasteiger partial charge in [-0.25, -0.2) is 5.43 Å². The van der Waals surface area contributed by atoms with E-state index in [-0.39, 0.29) is 18.2 Å². The number of anilines is 1. The first-order chi connectivity index (χ1) is 11.9. The fraction of sp³-hybridized carbons (Fsp3) is 0.167. The number of benzene rings is 2. The molecule has 7 heteroatoms. The number of hydrazone groups is 1. The second-order valence-electron chi connectivity index (χ2n) is 5.41. The molecule has 0 bridgehead atoms. The zero-order chi connectivity index (χ0) is 18.4. The number of nitrogens with zero attached hydrogens (tertiary/aromatic N) is 1. The number of amides is 2. The van der Waals surface area contributed by atoms with Crippen LogP contribution < -0.4 is 10.7 Å². The summed E-state index contributed by atoms with van der Waals surface area (Å²) in [7, 11) is 0. The normalized spacial score (nSPS) is 11.1. The Hall–Kier alpha value is -1.93. The van der Waals surface area contributed by atoms with E-state index in [0.29, 0.717) is 22.0 Å². The second-order valence-corrected chi connectivity index (χ2v) is 6.97. The Bertz CT molecular complexity index is 837. The zero-order valence-electron chi connectivity index (χ0n) is 13.8. The molecule has 5 nitrogen and oxygen atoms in total. The zero-order valence-corrected chi connectivity index (χ0v) is 16.7. The van der Waals surface area contributed by atoms with Crippen LogP contribution in [0.2, 0.25) is 5.02 Å². The Morgan fingerprint density at radius 2 is 1.88 bits per heavy atom. The van der Waals surface area contributed by atoms with Crippen molar-refractivity contribution in [3.63, 3.8) is 0 Å². The van der Waals surface area contributed by atoms with E-state index in [2.05, 4.69) is 38.4 Å². The fourth-order valence-corrected chi connectivity index (χ4v) is 2.87. The lowest BCUT2D eigenvalue weighted by Crippen LogP contribution is -2.22. The minimum absolute atomic E-state index is 0.0676. The van der Waals surface area contributed by atoms with Crippen molar-refractivity contribution >= 4 is 57.4 Å². The summed E-state index contributed by atoms with van der Waals surface area (Å²) in [4.78, 5) is 24.2. The van der Waals surface area contributed by atoms with Crippen molar-refractivity contribution in [2.45, 2.75) is 20.3 Å². The topological polar surface area (TPSA) is 70.6 Å². The molecule has 0 heterocycles. The van der Waals surface area contributed by atoms with E-state index in [0.717, 1.165) is 9.13 Å². The van der Waals surface area contributed by atoms with Gasteiger partial charge in [-0.2, -0.15) is 5.10 Å². The molecule has 0 radical (unpaired) electrons. The monoisotopic (exact) mass is 469 g/mol. The molecule has 2 amide bonds. The number of rotatable bonds is 5. The van der Waals surface area contributed by atoms with Crippen molar-refractivity contribution in [1.82, 2.24) is 5.43 Å². The van der Waals surface area contributed by atoms with Gasteiger partial charge in [0.25, 0.3) is 5.91 Å². The van der Waals surface area contributed by atoms with Gasteiger partial charge in [-0.3, -0.25) is 9.59 Å². The molecule has 2 rings (SSSR count). The van der Waals surface area contributed by atoms with Gasteiger partial charge in [0, 0.05) is 20.0 Å². The van der Waals surface area contributed by atoms with Gasteiger partial charge >= 0.3 is 0 Å². The van der Waals surface area contributed by atoms with E-state index >= 15 is 0 Å². The van der Waals surface area contributed by atoms with E-state index in [1.165, 1.54) is 0 Å². The highest BCUT2D eigenvalue weighted by atomic mass is 127. The number of hydrogen-bond donors (Lipinski definition) is 2. The van der Waals surface area contributed by atoms with Gasteiger partial charge in [0.2, 0.25) is 5.91 Å². The lowest BCUT2D eigenvalue weighted by Gasteiger charge is -2.09. The maximum atomic E-state index is 12.1. The van der Waals surface area contributed by atoms with Crippen molar-refractivity contribution in [1.29, 1.82) is 0 Å². The Morgan fingerprint density at radius 1 is 1.16 bits per heavy atom. The fourth-order valence-electron chi connectivity index (χ4n) is 2.06. The van der Waals surface area contributed by atoms with Crippen LogP contribution in [0.3, 0.4) is 0 Å². The summed E-state index contributed by atoms with van der Waals surface area (Å²) in [6, 6.07) is 12.5. The highest BCUT2D eigenvalue weighted by molar-refractivity contribution is 14.1. The Balaban J connectivity index is 1.94. The average Bonchev–Trinajstić information content (AvgIpc) is 2.57. The molecule has 0 aromatic heterocycles. The number of hydrogen-bond acceptors (Lipinski definition) is 3. The molecule has 2 aromatic carbocycles. The van der Waals surface area contributed by atoms with Gasteiger partial charge < -0.3 is 5.32 Å². The first kappa shape index (κ1) is 19.4. The third-order valence-corrected chi connectivity index (χ3v) is 4.78. The molecule has 130 valence electrons. The Morgan fingerprint density at radius 3 is 2.60 bits per heavy atom. The van der Waals surface area contributed by atoms with Crippen LogP contribution in [0.25, 0.3) is 0 Å². The number of carbonyl (C=O) groups excluding carboxylic acids is 2. The highest BCUT2D eigenvalue weighted by Gasteiger charge is 2.10. The molecule has 0 saturated heterocycles. The summed E-state index contributed by atoms with van der Waals surface area (Å²) in [6.07, 6.45) is 0.0676. The Labute approximate surface area is 165 Å². The summed E-state index contributed by atoms with van der Waals surface area (Å²) < 4.78 is 0.833. The standard InChI is InChI=1S/C18H17ClIN3O2/c1-11(22-23-18(25)13-6-3-4-8-15(13)20)10-17(24)21-16-9-5-7-14(19)12(16)2/h3-9H,10H2,1-2H3,(H,21,24)(H,23,25). The van der Waals surface area contributed by atoms with Crippen molar-refractivity contribution in [2.75, 3.05) is 5.32 Å². The maximum absolute atomic E-state index is 12.1. The first-order valence-electron chi connectivity index (χ1n) is 7.51. The summed E-state index contributed by atoms with van der Waals surface area (Å²) in [5.74, 6) is -0.536. The first-order valence-corrected chi connectivity index (χ1v) is 8.97. The van der Waals surface area contributed by atoms with Crippen molar-refractivity contribution < 1.29 is 9.59 Å². The van der Waals surface area contributed by atoms with Crippen LogP contribution in [0.1, 0.15) is 29.3 Å². The van der Waals surface area contributed by atoms with Crippen LogP contribution in [0.15, 0.2) is 47.6 Å². The molecule has 2 aromatic rings. The van der Waals surface area contributed by atoms with Crippen molar-refractivity contribution in [3.05, 3.63) is 62.2 Å². The van der Waals surface area contributed by atoms with Crippen LogP contribution in [0.4, 0.5) is 5.69 Å². The van der Waals surface area contributed by atoms with Gasteiger partial charge in [0.05, 0.1) is 12.0 Å². The van der Waals surface area contributed by atoms with Crippen molar-refractivity contribution in [3.8, 4) is 0 Å². The molecule has 0 aliphatic carbocycles. The van der Waals surface area contributed by atoms with E-state index in [9.17, 15) is 9.59 Å². The summed E-state index contributed by atoms with van der Waals surface area (Å²) in [6.45, 7) is 3.52. The molecule has 25 heavy (non-hydrogen) atoms. The predicted octanol–water partition coefficient (Wildman–Crippen LogP) is 4.39. The van der Waals surface area contributed by atoms with E-state index in [4.69, 9.17) is 11.6 Å².